The molecule has 52 heavy (non-hydrogen) atoms. The Morgan fingerprint density at radius 3 is 1.87 bits per heavy atom. The van der Waals surface area contributed by atoms with Crippen LogP contribution in [0.5, 0.6) is 0 Å². The first-order valence-electron chi connectivity index (χ1n) is 15.2. The Kier molecular flexibility index (Phi) is 12.2. The normalized spacial score (nSPS) is 16.9. The summed E-state index contributed by atoms with van der Waals surface area (Å²) in [5.41, 5.74) is -2.20. The number of aliphatic carboxylic acids is 1. The summed E-state index contributed by atoms with van der Waals surface area (Å²) in [5, 5.41) is 14.2. The fourth-order valence-corrected chi connectivity index (χ4v) is 6.41. The van der Waals surface area contributed by atoms with Crippen LogP contribution in [0.2, 0.25) is 0 Å². The Bertz CT molecular complexity index is 1950. The van der Waals surface area contributed by atoms with Crippen molar-refractivity contribution in [2.75, 3.05) is 23.7 Å². The monoisotopic (exact) mass is 769 g/mol. The van der Waals surface area contributed by atoms with Crippen molar-refractivity contribution in [2.24, 2.45) is 11.8 Å². The zero-order chi connectivity index (χ0) is 38.5. The summed E-state index contributed by atoms with van der Waals surface area (Å²) in [6.45, 7) is 0.392. The third-order valence-electron chi connectivity index (χ3n) is 7.88. The highest BCUT2D eigenvalue weighted by Gasteiger charge is 2.39. The van der Waals surface area contributed by atoms with Gasteiger partial charge in [0.25, 0.3) is 0 Å². The molecule has 0 radical (unpaired) electrons. The minimum absolute atomic E-state index is 0.112. The van der Waals surface area contributed by atoms with Crippen molar-refractivity contribution in [1.29, 1.82) is 0 Å². The van der Waals surface area contributed by atoms with Gasteiger partial charge >= 0.3 is 24.5 Å². The first-order valence-corrected chi connectivity index (χ1v) is 16.7. The van der Waals surface area contributed by atoms with Gasteiger partial charge in [-0.3, -0.25) is 0 Å². The molecule has 0 atom stereocenters. The molecule has 0 unspecified atom stereocenters. The molecule has 0 bridgehead atoms. The predicted molar refractivity (Wildman–Crippen MR) is 168 cm³/mol. The first-order chi connectivity index (χ1) is 24.1. The smallest absolute Gasteiger partial charge is 0.475 e. The van der Waals surface area contributed by atoms with Crippen LogP contribution >= 0.6 is 0 Å². The van der Waals surface area contributed by atoms with E-state index in [1.165, 1.54) is 12.1 Å². The maximum atomic E-state index is 13.7. The van der Waals surface area contributed by atoms with Crippen LogP contribution in [0.3, 0.4) is 0 Å². The Hall–Kier alpha value is -4.72. The number of carbonyl (C=O) groups is 1. The number of carboxylic acid groups (broad SMARTS) is 1. The number of hydrogen-bond donors (Lipinski definition) is 4. The molecule has 1 fully saturated rings. The van der Waals surface area contributed by atoms with E-state index in [2.05, 4.69) is 25.3 Å². The molecule has 0 amide bonds. The zero-order valence-corrected chi connectivity index (χ0v) is 27.3. The summed E-state index contributed by atoms with van der Waals surface area (Å²) in [7, 11) is -4.64. The molecule has 3 aromatic carbocycles. The molecule has 4 aromatic rings. The lowest BCUT2D eigenvalue weighted by Crippen LogP contribution is -2.32. The van der Waals surface area contributed by atoms with E-state index < -0.39 is 56.4 Å². The molecule has 5 rings (SSSR count). The topological polar surface area (TPSA) is 133 Å². The molecule has 1 aromatic heterocycles. The zero-order valence-electron chi connectivity index (χ0n) is 26.5. The van der Waals surface area contributed by atoms with Gasteiger partial charge in [-0.1, -0.05) is 18.2 Å². The number of carboxylic acids is 1. The SMILES string of the molecule is O=C(O)C(F)(F)F.O=S(=O)(NCC1CCC(CNc2nc(Nc3cccc(F)c3)c3ccccc3n2)CC1)c1cc(C(F)(F)F)cc(C(F)(F)F)c1. The van der Waals surface area contributed by atoms with Gasteiger partial charge in [-0.05, 0) is 86.1 Å². The van der Waals surface area contributed by atoms with E-state index in [1.54, 1.807) is 12.1 Å². The van der Waals surface area contributed by atoms with Crippen LogP contribution < -0.4 is 15.4 Å². The van der Waals surface area contributed by atoms with Crippen molar-refractivity contribution in [3.05, 3.63) is 83.7 Å². The Labute approximate surface area is 289 Å². The van der Waals surface area contributed by atoms with Gasteiger partial charge in [0.1, 0.15) is 11.6 Å². The number of rotatable bonds is 9. The van der Waals surface area contributed by atoms with E-state index >= 15 is 0 Å². The number of hydrogen-bond acceptors (Lipinski definition) is 7. The molecule has 0 spiro atoms. The standard InChI is InChI=1S/C30H28F7N5O2S.C2HF3O2/c31-22-4-3-5-23(15-22)40-27-25-6-1-2-7-26(25)41-28(42-27)38-16-18-8-10-19(11-9-18)17-39-45(43,44)24-13-20(29(32,33)34)12-21(14-24)30(35,36)37;3-2(4,5)1(6)7/h1-7,12-15,18-19,39H,8-11,16-17H2,(H2,38,40,41,42);(H,6,7). The van der Waals surface area contributed by atoms with Gasteiger partial charge in [-0.15, -0.1) is 0 Å². The number of nitrogens with one attached hydrogen (secondary N) is 3. The number of nitrogens with zero attached hydrogens (tertiary/aromatic N) is 2. The van der Waals surface area contributed by atoms with E-state index in [1.807, 2.05) is 24.3 Å². The van der Waals surface area contributed by atoms with Gasteiger partial charge in [0.05, 0.1) is 21.5 Å². The molecule has 1 heterocycles. The molecule has 282 valence electrons. The van der Waals surface area contributed by atoms with Crippen molar-refractivity contribution in [2.45, 2.75) is 49.1 Å². The number of sulfonamides is 1. The fourth-order valence-electron chi connectivity index (χ4n) is 5.22. The van der Waals surface area contributed by atoms with E-state index in [4.69, 9.17) is 9.90 Å². The fraction of sp³-hybridized carbons (Fsp3) is 0.344. The van der Waals surface area contributed by atoms with Crippen LogP contribution in [0, 0.1) is 17.7 Å². The Morgan fingerprint density at radius 1 is 0.769 bits per heavy atom. The van der Waals surface area contributed by atoms with Crippen LogP contribution in [0.1, 0.15) is 36.8 Å². The number of halogens is 10. The van der Waals surface area contributed by atoms with Crippen LogP contribution in [0.15, 0.2) is 71.6 Å². The summed E-state index contributed by atoms with van der Waals surface area (Å²) >= 11 is 0. The maximum absolute atomic E-state index is 13.7. The van der Waals surface area contributed by atoms with Crippen molar-refractivity contribution < 1.29 is 62.2 Å². The van der Waals surface area contributed by atoms with Gasteiger partial charge in [0.15, 0.2) is 0 Å². The number of aromatic nitrogens is 2. The van der Waals surface area contributed by atoms with Crippen LogP contribution in [-0.4, -0.2) is 48.7 Å². The summed E-state index contributed by atoms with van der Waals surface area (Å²) in [6.07, 6.45) is -12.8. The molecule has 1 aliphatic rings. The van der Waals surface area contributed by atoms with Crippen molar-refractivity contribution >= 4 is 44.3 Å². The second-order valence-electron chi connectivity index (χ2n) is 11.7. The quantitative estimate of drug-likeness (QED) is 0.125. The van der Waals surface area contributed by atoms with Crippen LogP contribution in [0.25, 0.3) is 10.9 Å². The third kappa shape index (κ3) is 11.1. The largest absolute Gasteiger partial charge is 0.490 e. The molecule has 20 heteroatoms. The molecule has 1 saturated carbocycles. The molecule has 1 aliphatic carbocycles. The number of benzene rings is 3. The number of fused-ring (bicyclic) bond motifs is 1. The third-order valence-corrected chi connectivity index (χ3v) is 9.28. The minimum Gasteiger partial charge on any atom is -0.475 e. The molecule has 0 saturated heterocycles. The van der Waals surface area contributed by atoms with Crippen molar-refractivity contribution in [3.8, 4) is 0 Å². The predicted octanol–water partition coefficient (Wildman–Crippen LogP) is 8.38. The van der Waals surface area contributed by atoms with Gasteiger partial charge in [-0.2, -0.15) is 44.5 Å². The average molecular weight is 770 g/mol. The first kappa shape index (κ1) is 40.1. The van der Waals surface area contributed by atoms with Gasteiger partial charge in [0, 0.05) is 24.2 Å². The summed E-state index contributed by atoms with van der Waals surface area (Å²) in [4.78, 5) is 17.0. The second kappa shape index (κ2) is 15.9. The molecule has 9 nitrogen and oxygen atoms in total. The lowest BCUT2D eigenvalue weighted by Gasteiger charge is -2.28. The van der Waals surface area contributed by atoms with E-state index in [0.29, 0.717) is 55.2 Å². The highest BCUT2D eigenvalue weighted by atomic mass is 32.2. The van der Waals surface area contributed by atoms with E-state index in [-0.39, 0.29) is 36.6 Å². The van der Waals surface area contributed by atoms with Crippen LogP contribution in [-0.2, 0) is 27.2 Å². The lowest BCUT2D eigenvalue weighted by molar-refractivity contribution is -0.192. The average Bonchev–Trinajstić information content (AvgIpc) is 3.06. The highest BCUT2D eigenvalue weighted by Crippen LogP contribution is 2.37. The second-order valence-corrected chi connectivity index (χ2v) is 13.5. The molecular formula is C32H29F10N5O4S. The highest BCUT2D eigenvalue weighted by molar-refractivity contribution is 7.89. The Balaban J connectivity index is 0.000000785. The van der Waals surface area contributed by atoms with Gasteiger partial charge in [-0.25, -0.2) is 27.3 Å². The summed E-state index contributed by atoms with van der Waals surface area (Å²) in [6, 6.07) is 13.6. The van der Waals surface area contributed by atoms with Crippen LogP contribution in [0.4, 0.5) is 61.4 Å². The lowest BCUT2D eigenvalue weighted by atomic mass is 9.82. The van der Waals surface area contributed by atoms with E-state index in [9.17, 15) is 52.3 Å². The Morgan fingerprint density at radius 2 is 1.33 bits per heavy atom. The molecule has 4 N–H and O–H groups in total. The minimum atomic E-state index is -5.16. The summed E-state index contributed by atoms with van der Waals surface area (Å²) in [5.74, 6) is -2.26. The van der Waals surface area contributed by atoms with E-state index in [0.717, 1.165) is 5.39 Å². The van der Waals surface area contributed by atoms with Gasteiger partial charge in [0.2, 0.25) is 16.0 Å². The summed E-state index contributed by atoms with van der Waals surface area (Å²) < 4.78 is 152. The van der Waals surface area contributed by atoms with Crippen molar-refractivity contribution in [3.63, 3.8) is 0 Å². The van der Waals surface area contributed by atoms with Gasteiger partial charge < -0.3 is 15.7 Å². The van der Waals surface area contributed by atoms with Crippen molar-refractivity contribution in [1.82, 2.24) is 14.7 Å². The molecule has 0 aliphatic heterocycles. The molecular weight excluding hydrogens is 740 g/mol. The number of para-hydroxylation sites is 1. The number of alkyl halides is 9. The number of anilines is 3. The maximum Gasteiger partial charge on any atom is 0.490 e.